The summed E-state index contributed by atoms with van der Waals surface area (Å²) in [6.45, 7) is 6.48. The SMILES string of the molecule is CC(=O)N1CCc2ccc(C(=O)CCCN3CCC(Cc4ccccc4)CC3)cc2CC1. The first-order valence-electron chi connectivity index (χ1n) is 12.3. The number of likely N-dealkylation sites (tertiary alicyclic amines) is 1. The maximum atomic E-state index is 12.8. The van der Waals surface area contributed by atoms with E-state index in [9.17, 15) is 9.59 Å². The quantitative estimate of drug-likeness (QED) is 0.603. The summed E-state index contributed by atoms with van der Waals surface area (Å²) >= 11 is 0. The average molecular weight is 433 g/mol. The van der Waals surface area contributed by atoms with Gasteiger partial charge in [-0.25, -0.2) is 0 Å². The Morgan fingerprint density at radius 1 is 0.906 bits per heavy atom. The normalized spacial score (nSPS) is 17.6. The fraction of sp³-hybridized carbons (Fsp3) is 0.500. The van der Waals surface area contributed by atoms with Crippen molar-refractivity contribution in [2.24, 2.45) is 5.92 Å². The summed E-state index contributed by atoms with van der Waals surface area (Å²) in [4.78, 5) is 28.9. The van der Waals surface area contributed by atoms with Gasteiger partial charge in [-0.1, -0.05) is 42.5 Å². The lowest BCUT2D eigenvalue weighted by Crippen LogP contribution is -2.35. The highest BCUT2D eigenvalue weighted by atomic mass is 16.2. The molecular weight excluding hydrogens is 396 g/mol. The van der Waals surface area contributed by atoms with Crippen LogP contribution in [0.5, 0.6) is 0 Å². The van der Waals surface area contributed by atoms with Crippen molar-refractivity contribution in [3.8, 4) is 0 Å². The molecule has 1 saturated heterocycles. The van der Waals surface area contributed by atoms with Gasteiger partial charge in [-0.05, 0) is 86.8 Å². The third-order valence-electron chi connectivity index (χ3n) is 7.23. The van der Waals surface area contributed by atoms with Crippen molar-refractivity contribution in [3.63, 3.8) is 0 Å². The summed E-state index contributed by atoms with van der Waals surface area (Å²) in [7, 11) is 0. The van der Waals surface area contributed by atoms with Gasteiger partial charge in [0.15, 0.2) is 5.78 Å². The van der Waals surface area contributed by atoms with E-state index in [4.69, 9.17) is 0 Å². The number of nitrogens with zero attached hydrogens (tertiary/aromatic N) is 2. The van der Waals surface area contributed by atoms with Gasteiger partial charge in [-0.15, -0.1) is 0 Å². The Bertz CT molecular complexity index is 916. The number of rotatable bonds is 7. The van der Waals surface area contributed by atoms with Crippen LogP contribution in [0, 0.1) is 5.92 Å². The van der Waals surface area contributed by atoms with Crippen molar-refractivity contribution in [2.45, 2.75) is 51.9 Å². The summed E-state index contributed by atoms with van der Waals surface area (Å²) in [5.41, 5.74) is 4.80. The van der Waals surface area contributed by atoms with E-state index < -0.39 is 0 Å². The minimum absolute atomic E-state index is 0.137. The molecule has 4 nitrogen and oxygen atoms in total. The van der Waals surface area contributed by atoms with Gasteiger partial charge < -0.3 is 9.80 Å². The molecule has 0 radical (unpaired) electrons. The molecule has 2 heterocycles. The monoisotopic (exact) mass is 432 g/mol. The molecule has 32 heavy (non-hydrogen) atoms. The third-order valence-corrected chi connectivity index (χ3v) is 7.23. The van der Waals surface area contributed by atoms with Gasteiger partial charge in [0.1, 0.15) is 0 Å². The van der Waals surface area contributed by atoms with Gasteiger partial charge in [0, 0.05) is 32.0 Å². The van der Waals surface area contributed by atoms with Gasteiger partial charge in [0.2, 0.25) is 5.91 Å². The number of benzene rings is 2. The van der Waals surface area contributed by atoms with Gasteiger partial charge in [0.05, 0.1) is 0 Å². The fourth-order valence-corrected chi connectivity index (χ4v) is 5.18. The molecule has 0 N–H and O–H groups in total. The Hall–Kier alpha value is -2.46. The summed E-state index contributed by atoms with van der Waals surface area (Å²) in [5, 5.41) is 0. The lowest BCUT2D eigenvalue weighted by Gasteiger charge is -2.32. The highest BCUT2D eigenvalue weighted by Crippen LogP contribution is 2.23. The first-order valence-corrected chi connectivity index (χ1v) is 12.3. The zero-order chi connectivity index (χ0) is 22.3. The number of hydrogen-bond donors (Lipinski definition) is 0. The van der Waals surface area contributed by atoms with E-state index >= 15 is 0 Å². The van der Waals surface area contributed by atoms with Crippen LogP contribution < -0.4 is 0 Å². The number of carbonyl (C=O) groups excluding carboxylic acids is 2. The predicted molar refractivity (Wildman–Crippen MR) is 129 cm³/mol. The highest BCUT2D eigenvalue weighted by Gasteiger charge is 2.20. The molecule has 1 amide bonds. The smallest absolute Gasteiger partial charge is 0.219 e. The second-order valence-electron chi connectivity index (χ2n) is 9.49. The Labute approximate surface area is 192 Å². The fourth-order valence-electron chi connectivity index (χ4n) is 5.18. The molecule has 0 atom stereocenters. The lowest BCUT2D eigenvalue weighted by atomic mass is 9.90. The molecule has 0 unspecified atom stereocenters. The Balaban J connectivity index is 1.20. The number of amides is 1. The number of fused-ring (bicyclic) bond motifs is 1. The molecule has 0 aromatic heterocycles. The van der Waals surface area contributed by atoms with Crippen LogP contribution in [0.1, 0.15) is 59.7 Å². The van der Waals surface area contributed by atoms with E-state index in [2.05, 4.69) is 47.4 Å². The molecule has 0 bridgehead atoms. The standard InChI is InChI=1S/C28H36N2O2/c1-22(31)30-18-13-25-9-10-27(21-26(25)14-19-30)28(32)8-5-15-29-16-11-24(12-17-29)20-23-6-3-2-4-7-23/h2-4,6-7,9-10,21,24H,5,8,11-20H2,1H3. The summed E-state index contributed by atoms with van der Waals surface area (Å²) < 4.78 is 0. The van der Waals surface area contributed by atoms with Crippen LogP contribution >= 0.6 is 0 Å². The van der Waals surface area contributed by atoms with Gasteiger partial charge in [0.25, 0.3) is 0 Å². The Kier molecular flexibility index (Phi) is 7.75. The number of Topliss-reactive ketones (excluding diaryl/α,β-unsaturated/α-hetero) is 1. The second kappa shape index (κ2) is 10.9. The molecular formula is C28H36N2O2. The van der Waals surface area contributed by atoms with Crippen molar-refractivity contribution in [1.29, 1.82) is 0 Å². The topological polar surface area (TPSA) is 40.6 Å². The Morgan fingerprint density at radius 3 is 2.34 bits per heavy atom. The molecule has 1 fully saturated rings. The molecule has 0 aliphatic carbocycles. The highest BCUT2D eigenvalue weighted by molar-refractivity contribution is 5.96. The molecule has 0 saturated carbocycles. The van der Waals surface area contributed by atoms with E-state index in [0.29, 0.717) is 6.42 Å². The average Bonchev–Trinajstić information content (AvgIpc) is 3.03. The van der Waals surface area contributed by atoms with Crippen LogP contribution in [-0.4, -0.2) is 54.2 Å². The number of piperidine rings is 1. The largest absolute Gasteiger partial charge is 0.342 e. The molecule has 2 aliphatic heterocycles. The van der Waals surface area contributed by atoms with Crippen LogP contribution in [0.15, 0.2) is 48.5 Å². The van der Waals surface area contributed by atoms with Crippen LogP contribution in [0.2, 0.25) is 0 Å². The van der Waals surface area contributed by atoms with Crippen LogP contribution in [0.3, 0.4) is 0 Å². The molecule has 4 rings (SSSR count). The maximum absolute atomic E-state index is 12.8. The molecule has 0 spiro atoms. The van der Waals surface area contributed by atoms with E-state index in [1.165, 1.54) is 36.0 Å². The zero-order valence-corrected chi connectivity index (χ0v) is 19.4. The lowest BCUT2D eigenvalue weighted by molar-refractivity contribution is -0.128. The molecule has 2 aromatic carbocycles. The van der Waals surface area contributed by atoms with Gasteiger partial charge in [-0.2, -0.15) is 0 Å². The van der Waals surface area contributed by atoms with Gasteiger partial charge in [-0.3, -0.25) is 9.59 Å². The minimum atomic E-state index is 0.137. The van der Waals surface area contributed by atoms with E-state index in [1.807, 2.05) is 11.0 Å². The van der Waals surface area contributed by atoms with E-state index in [0.717, 1.165) is 63.5 Å². The second-order valence-corrected chi connectivity index (χ2v) is 9.49. The number of carbonyl (C=O) groups is 2. The van der Waals surface area contributed by atoms with E-state index in [1.54, 1.807) is 6.92 Å². The number of hydrogen-bond acceptors (Lipinski definition) is 3. The van der Waals surface area contributed by atoms with Crippen LogP contribution in [-0.2, 0) is 24.1 Å². The van der Waals surface area contributed by atoms with Crippen molar-refractivity contribution in [1.82, 2.24) is 9.80 Å². The molecule has 2 aromatic rings. The minimum Gasteiger partial charge on any atom is -0.342 e. The first-order chi connectivity index (χ1) is 15.6. The summed E-state index contributed by atoms with van der Waals surface area (Å²) in [6, 6.07) is 17.0. The van der Waals surface area contributed by atoms with Gasteiger partial charge >= 0.3 is 0 Å². The predicted octanol–water partition coefficient (Wildman–Crippen LogP) is 4.55. The van der Waals surface area contributed by atoms with Crippen LogP contribution in [0.4, 0.5) is 0 Å². The van der Waals surface area contributed by atoms with Crippen LogP contribution in [0.25, 0.3) is 0 Å². The van der Waals surface area contributed by atoms with Crippen molar-refractivity contribution in [3.05, 3.63) is 70.8 Å². The van der Waals surface area contributed by atoms with E-state index in [-0.39, 0.29) is 11.7 Å². The summed E-state index contributed by atoms with van der Waals surface area (Å²) in [6.07, 6.45) is 6.96. The number of ketones is 1. The molecule has 2 aliphatic rings. The summed E-state index contributed by atoms with van der Waals surface area (Å²) in [5.74, 6) is 1.17. The first kappa shape index (κ1) is 22.7. The maximum Gasteiger partial charge on any atom is 0.219 e. The van der Waals surface area contributed by atoms with Crippen molar-refractivity contribution in [2.75, 3.05) is 32.7 Å². The zero-order valence-electron chi connectivity index (χ0n) is 19.4. The van der Waals surface area contributed by atoms with Crippen molar-refractivity contribution >= 4 is 11.7 Å². The Morgan fingerprint density at radius 2 is 1.62 bits per heavy atom. The molecule has 4 heteroatoms. The molecule has 170 valence electrons. The third kappa shape index (κ3) is 6.07. The van der Waals surface area contributed by atoms with Crippen molar-refractivity contribution < 1.29 is 9.59 Å².